The standard InChI is InChI=1S/C11H16O2/c1-11(2,13-4)9-6-5-7-10(8-9)12-3/h5-8H,1-4H3. The second-order valence-corrected chi connectivity index (χ2v) is 3.45. The molecule has 1 rings (SSSR count). The molecule has 0 atom stereocenters. The average molecular weight is 180 g/mol. The predicted molar refractivity (Wildman–Crippen MR) is 53.0 cm³/mol. The van der Waals surface area contributed by atoms with Crippen LogP contribution in [0.3, 0.4) is 0 Å². The Morgan fingerprint density at radius 3 is 2.38 bits per heavy atom. The third kappa shape index (κ3) is 2.22. The van der Waals surface area contributed by atoms with Gasteiger partial charge in [-0.1, -0.05) is 12.1 Å². The van der Waals surface area contributed by atoms with Gasteiger partial charge in [0.1, 0.15) is 5.75 Å². The van der Waals surface area contributed by atoms with Crippen molar-refractivity contribution in [1.82, 2.24) is 0 Å². The fraction of sp³-hybridized carbons (Fsp3) is 0.455. The van der Waals surface area contributed by atoms with E-state index in [-0.39, 0.29) is 5.60 Å². The Balaban J connectivity index is 3.01. The Labute approximate surface area is 79.5 Å². The second kappa shape index (κ2) is 3.79. The van der Waals surface area contributed by atoms with Gasteiger partial charge in [0.2, 0.25) is 0 Å². The van der Waals surface area contributed by atoms with E-state index in [0.717, 1.165) is 11.3 Å². The van der Waals surface area contributed by atoms with Crippen LogP contribution in [0.1, 0.15) is 19.4 Å². The van der Waals surface area contributed by atoms with Crippen molar-refractivity contribution in [1.29, 1.82) is 0 Å². The van der Waals surface area contributed by atoms with Gasteiger partial charge in [0.15, 0.2) is 0 Å². The van der Waals surface area contributed by atoms with Crippen molar-refractivity contribution in [3.8, 4) is 5.75 Å². The third-order valence-electron chi connectivity index (χ3n) is 2.28. The van der Waals surface area contributed by atoms with E-state index in [1.165, 1.54) is 0 Å². The molecule has 0 unspecified atom stereocenters. The molecule has 0 aliphatic carbocycles. The minimum Gasteiger partial charge on any atom is -0.497 e. The van der Waals surface area contributed by atoms with Crippen molar-refractivity contribution < 1.29 is 9.47 Å². The van der Waals surface area contributed by atoms with Crippen molar-refractivity contribution >= 4 is 0 Å². The summed E-state index contributed by atoms with van der Waals surface area (Å²) >= 11 is 0. The fourth-order valence-corrected chi connectivity index (χ4v) is 1.12. The van der Waals surface area contributed by atoms with Gasteiger partial charge >= 0.3 is 0 Å². The summed E-state index contributed by atoms with van der Waals surface area (Å²) in [6, 6.07) is 7.92. The molecule has 0 radical (unpaired) electrons. The molecule has 13 heavy (non-hydrogen) atoms. The first-order valence-electron chi connectivity index (χ1n) is 4.30. The largest absolute Gasteiger partial charge is 0.497 e. The normalized spacial score (nSPS) is 11.4. The summed E-state index contributed by atoms with van der Waals surface area (Å²) < 4.78 is 10.5. The molecule has 0 aromatic heterocycles. The lowest BCUT2D eigenvalue weighted by Gasteiger charge is -2.23. The lowest BCUT2D eigenvalue weighted by molar-refractivity contribution is 0.0190. The molecule has 72 valence electrons. The van der Waals surface area contributed by atoms with Crippen LogP contribution in [0, 0.1) is 0 Å². The fourth-order valence-electron chi connectivity index (χ4n) is 1.12. The molecule has 0 saturated carbocycles. The molecule has 0 spiro atoms. The van der Waals surface area contributed by atoms with E-state index in [0.29, 0.717) is 0 Å². The zero-order chi connectivity index (χ0) is 9.90. The monoisotopic (exact) mass is 180 g/mol. The predicted octanol–water partition coefficient (Wildman–Crippen LogP) is 2.58. The highest BCUT2D eigenvalue weighted by atomic mass is 16.5. The highest BCUT2D eigenvalue weighted by Crippen LogP contribution is 2.26. The lowest BCUT2D eigenvalue weighted by Crippen LogP contribution is -2.19. The smallest absolute Gasteiger partial charge is 0.119 e. The number of ether oxygens (including phenoxy) is 2. The molecule has 2 heteroatoms. The number of methoxy groups -OCH3 is 2. The number of hydrogen-bond acceptors (Lipinski definition) is 2. The van der Waals surface area contributed by atoms with Crippen LogP contribution in [0.4, 0.5) is 0 Å². The maximum Gasteiger partial charge on any atom is 0.119 e. The summed E-state index contributed by atoms with van der Waals surface area (Å²) in [5.41, 5.74) is 0.864. The molecular weight excluding hydrogens is 164 g/mol. The molecule has 0 aliphatic rings. The van der Waals surface area contributed by atoms with Crippen LogP contribution in [0.2, 0.25) is 0 Å². The molecule has 0 amide bonds. The summed E-state index contributed by atoms with van der Waals surface area (Å²) in [7, 11) is 3.37. The van der Waals surface area contributed by atoms with Gasteiger partial charge in [0.25, 0.3) is 0 Å². The van der Waals surface area contributed by atoms with Gasteiger partial charge in [0.05, 0.1) is 12.7 Å². The Hall–Kier alpha value is -1.02. The Morgan fingerprint density at radius 2 is 1.85 bits per heavy atom. The van der Waals surface area contributed by atoms with Crippen LogP contribution in [0.25, 0.3) is 0 Å². The van der Waals surface area contributed by atoms with Crippen LogP contribution < -0.4 is 4.74 Å². The SMILES string of the molecule is COc1cccc(C(C)(C)OC)c1. The number of rotatable bonds is 3. The van der Waals surface area contributed by atoms with Gasteiger partial charge in [-0.25, -0.2) is 0 Å². The quantitative estimate of drug-likeness (QED) is 0.711. The van der Waals surface area contributed by atoms with E-state index < -0.39 is 0 Å². The Kier molecular flexibility index (Phi) is 2.94. The van der Waals surface area contributed by atoms with Gasteiger partial charge in [-0.2, -0.15) is 0 Å². The summed E-state index contributed by atoms with van der Waals surface area (Å²) in [6.45, 7) is 4.06. The van der Waals surface area contributed by atoms with Crippen LogP contribution in [-0.4, -0.2) is 14.2 Å². The number of hydrogen-bond donors (Lipinski definition) is 0. The minimum absolute atomic E-state index is 0.255. The van der Waals surface area contributed by atoms with Gasteiger partial charge < -0.3 is 9.47 Å². The molecule has 0 heterocycles. The summed E-state index contributed by atoms with van der Waals surface area (Å²) in [6.07, 6.45) is 0. The lowest BCUT2D eigenvalue weighted by atomic mass is 9.98. The maximum atomic E-state index is 5.37. The van der Waals surface area contributed by atoms with Gasteiger partial charge in [-0.3, -0.25) is 0 Å². The van der Waals surface area contributed by atoms with Crippen molar-refractivity contribution in [2.24, 2.45) is 0 Å². The van der Waals surface area contributed by atoms with Crippen LogP contribution in [-0.2, 0) is 10.3 Å². The van der Waals surface area contributed by atoms with E-state index in [4.69, 9.17) is 9.47 Å². The molecule has 1 aromatic carbocycles. The Bertz CT molecular complexity index is 279. The van der Waals surface area contributed by atoms with E-state index in [9.17, 15) is 0 Å². The highest BCUT2D eigenvalue weighted by Gasteiger charge is 2.19. The molecule has 0 saturated heterocycles. The Morgan fingerprint density at radius 1 is 1.15 bits per heavy atom. The highest BCUT2D eigenvalue weighted by molar-refractivity contribution is 5.31. The first-order valence-corrected chi connectivity index (χ1v) is 4.30. The van der Waals surface area contributed by atoms with Crippen molar-refractivity contribution in [3.63, 3.8) is 0 Å². The van der Waals surface area contributed by atoms with Gasteiger partial charge in [0, 0.05) is 7.11 Å². The molecular formula is C11H16O2. The van der Waals surface area contributed by atoms with E-state index in [1.54, 1.807) is 14.2 Å². The van der Waals surface area contributed by atoms with Crippen LogP contribution >= 0.6 is 0 Å². The first kappa shape index (κ1) is 10.1. The maximum absolute atomic E-state index is 5.37. The minimum atomic E-state index is -0.255. The number of benzene rings is 1. The van der Waals surface area contributed by atoms with Crippen LogP contribution in [0.5, 0.6) is 5.75 Å². The molecule has 0 bridgehead atoms. The second-order valence-electron chi connectivity index (χ2n) is 3.45. The van der Waals surface area contributed by atoms with E-state index >= 15 is 0 Å². The van der Waals surface area contributed by atoms with Gasteiger partial charge in [-0.15, -0.1) is 0 Å². The molecule has 0 fully saturated rings. The van der Waals surface area contributed by atoms with Crippen LogP contribution in [0.15, 0.2) is 24.3 Å². The molecule has 0 aliphatic heterocycles. The zero-order valence-electron chi connectivity index (χ0n) is 8.63. The summed E-state index contributed by atoms with van der Waals surface area (Å²) in [4.78, 5) is 0. The topological polar surface area (TPSA) is 18.5 Å². The zero-order valence-corrected chi connectivity index (χ0v) is 8.63. The van der Waals surface area contributed by atoms with Crippen molar-refractivity contribution in [2.75, 3.05) is 14.2 Å². The summed E-state index contributed by atoms with van der Waals surface area (Å²) in [5, 5.41) is 0. The third-order valence-corrected chi connectivity index (χ3v) is 2.28. The van der Waals surface area contributed by atoms with Gasteiger partial charge in [-0.05, 0) is 31.5 Å². The average Bonchev–Trinajstić information content (AvgIpc) is 2.18. The molecule has 1 aromatic rings. The van der Waals surface area contributed by atoms with Crippen molar-refractivity contribution in [3.05, 3.63) is 29.8 Å². The molecule has 2 nitrogen and oxygen atoms in total. The van der Waals surface area contributed by atoms with E-state index in [1.807, 2.05) is 38.1 Å². The van der Waals surface area contributed by atoms with Crippen molar-refractivity contribution in [2.45, 2.75) is 19.4 Å². The first-order chi connectivity index (χ1) is 6.10. The van der Waals surface area contributed by atoms with E-state index in [2.05, 4.69) is 0 Å². The molecule has 0 N–H and O–H groups in total. The summed E-state index contributed by atoms with van der Waals surface area (Å²) in [5.74, 6) is 0.864.